The zero-order valence-electron chi connectivity index (χ0n) is 11.6. The third-order valence-electron chi connectivity index (χ3n) is 2.72. The van der Waals surface area contributed by atoms with Crippen LogP contribution in [0.15, 0.2) is 23.1 Å². The van der Waals surface area contributed by atoms with Crippen molar-refractivity contribution in [3.05, 3.63) is 28.2 Å². The van der Waals surface area contributed by atoms with Crippen LogP contribution in [-0.2, 0) is 19.6 Å². The number of halogens is 2. The van der Waals surface area contributed by atoms with E-state index in [1.54, 1.807) is 0 Å². The van der Waals surface area contributed by atoms with E-state index in [0.717, 1.165) is 6.42 Å². The van der Waals surface area contributed by atoms with Crippen molar-refractivity contribution in [1.29, 1.82) is 0 Å². The molecule has 1 N–H and O–H groups in total. The van der Waals surface area contributed by atoms with Gasteiger partial charge in [-0.2, -0.15) is 0 Å². The van der Waals surface area contributed by atoms with Crippen molar-refractivity contribution in [3.8, 4) is 0 Å². The van der Waals surface area contributed by atoms with Gasteiger partial charge in [0, 0.05) is 23.0 Å². The Morgan fingerprint density at radius 3 is 2.33 bits per heavy atom. The molecule has 0 spiro atoms. The molecule has 0 aliphatic rings. The van der Waals surface area contributed by atoms with Crippen LogP contribution < -0.4 is 4.72 Å². The van der Waals surface area contributed by atoms with Crippen LogP contribution in [0, 0.1) is 0 Å². The molecule has 0 aromatic heterocycles. The highest BCUT2D eigenvalue weighted by atomic mass is 35.5. The van der Waals surface area contributed by atoms with Crippen molar-refractivity contribution < 1.29 is 17.9 Å². The molecule has 0 aliphatic heterocycles. The van der Waals surface area contributed by atoms with E-state index >= 15 is 0 Å². The summed E-state index contributed by atoms with van der Waals surface area (Å²) in [5, 5.41) is 0.530. The second kappa shape index (κ2) is 8.58. The first-order chi connectivity index (χ1) is 9.85. The Hall–Kier alpha value is -0.820. The normalized spacial score (nSPS) is 11.4. The number of benzene rings is 1. The monoisotopic (exact) mass is 353 g/mol. The standard InChI is InChI=1S/C13H17Cl2NO4S/c1-20-13(17)5-3-2-4-6-16-21(18,19)12-8-10(14)7-11(15)9-12/h7-9,16H,2-6H2,1H3. The average Bonchev–Trinajstić information content (AvgIpc) is 2.41. The fraction of sp³-hybridized carbons (Fsp3) is 0.462. The molecule has 0 radical (unpaired) electrons. The lowest BCUT2D eigenvalue weighted by Gasteiger charge is -2.07. The number of hydrogen-bond donors (Lipinski definition) is 1. The fourth-order valence-corrected chi connectivity index (χ4v) is 3.45. The van der Waals surface area contributed by atoms with Gasteiger partial charge in [0.2, 0.25) is 10.0 Å². The molecule has 8 heteroatoms. The smallest absolute Gasteiger partial charge is 0.305 e. The van der Waals surface area contributed by atoms with Gasteiger partial charge in [-0.25, -0.2) is 13.1 Å². The minimum atomic E-state index is -3.62. The molecule has 0 aliphatic carbocycles. The van der Waals surface area contributed by atoms with Crippen LogP contribution in [0.1, 0.15) is 25.7 Å². The highest BCUT2D eigenvalue weighted by Gasteiger charge is 2.14. The van der Waals surface area contributed by atoms with E-state index < -0.39 is 10.0 Å². The molecule has 0 bridgehead atoms. The number of carbonyl (C=O) groups excluding carboxylic acids is 1. The molecule has 21 heavy (non-hydrogen) atoms. The van der Waals surface area contributed by atoms with E-state index in [1.807, 2.05) is 0 Å². The summed E-state index contributed by atoms with van der Waals surface area (Å²) in [4.78, 5) is 10.9. The van der Waals surface area contributed by atoms with Crippen LogP contribution in [0.4, 0.5) is 0 Å². The Kier molecular flexibility index (Phi) is 7.45. The molecule has 118 valence electrons. The number of unbranched alkanes of at least 4 members (excludes halogenated alkanes) is 2. The lowest BCUT2D eigenvalue weighted by molar-refractivity contribution is -0.140. The van der Waals surface area contributed by atoms with Gasteiger partial charge in [-0.15, -0.1) is 0 Å². The van der Waals surface area contributed by atoms with Crippen molar-refractivity contribution in [3.63, 3.8) is 0 Å². The first-order valence-corrected chi connectivity index (χ1v) is 8.61. The molecule has 0 amide bonds. The van der Waals surface area contributed by atoms with E-state index in [-0.39, 0.29) is 27.5 Å². The number of ether oxygens (including phenoxy) is 1. The molecule has 0 atom stereocenters. The summed E-state index contributed by atoms with van der Waals surface area (Å²) >= 11 is 11.6. The Balaban J connectivity index is 2.41. The molecular formula is C13H17Cl2NO4S. The van der Waals surface area contributed by atoms with Crippen LogP contribution in [0.2, 0.25) is 10.0 Å². The topological polar surface area (TPSA) is 72.5 Å². The van der Waals surface area contributed by atoms with Crippen LogP contribution >= 0.6 is 23.2 Å². The predicted octanol–water partition coefficient (Wildman–Crippen LogP) is 3.01. The first-order valence-electron chi connectivity index (χ1n) is 6.38. The van der Waals surface area contributed by atoms with Crippen LogP contribution in [0.25, 0.3) is 0 Å². The lowest BCUT2D eigenvalue weighted by atomic mass is 10.2. The molecule has 1 aromatic rings. The van der Waals surface area contributed by atoms with Crippen molar-refractivity contribution in [1.82, 2.24) is 4.72 Å². The van der Waals surface area contributed by atoms with Gasteiger partial charge in [-0.1, -0.05) is 29.6 Å². The number of hydrogen-bond acceptors (Lipinski definition) is 4. The summed E-state index contributed by atoms with van der Waals surface area (Å²) < 4.78 is 31.0. The molecule has 0 unspecified atom stereocenters. The van der Waals surface area contributed by atoms with Gasteiger partial charge in [-0.05, 0) is 31.0 Å². The van der Waals surface area contributed by atoms with E-state index in [1.165, 1.54) is 25.3 Å². The van der Waals surface area contributed by atoms with Gasteiger partial charge < -0.3 is 4.74 Å². The molecule has 5 nitrogen and oxygen atoms in total. The molecule has 0 heterocycles. The maximum Gasteiger partial charge on any atom is 0.305 e. The second-order valence-electron chi connectivity index (χ2n) is 4.39. The largest absolute Gasteiger partial charge is 0.469 e. The molecule has 1 aromatic carbocycles. The number of methoxy groups -OCH3 is 1. The highest BCUT2D eigenvalue weighted by Crippen LogP contribution is 2.22. The summed E-state index contributed by atoms with van der Waals surface area (Å²) in [6.07, 6.45) is 2.36. The van der Waals surface area contributed by atoms with E-state index in [4.69, 9.17) is 23.2 Å². The van der Waals surface area contributed by atoms with Gasteiger partial charge in [0.1, 0.15) is 0 Å². The third-order valence-corrected chi connectivity index (χ3v) is 4.60. The third kappa shape index (κ3) is 6.65. The Bertz CT molecular complexity index is 570. The maximum atomic E-state index is 12.0. The van der Waals surface area contributed by atoms with Crippen LogP contribution in [0.5, 0.6) is 0 Å². The minimum absolute atomic E-state index is 0.0366. The van der Waals surface area contributed by atoms with Gasteiger partial charge in [-0.3, -0.25) is 4.79 Å². The van der Waals surface area contributed by atoms with Crippen molar-refractivity contribution >= 4 is 39.2 Å². The quantitative estimate of drug-likeness (QED) is 0.575. The van der Waals surface area contributed by atoms with Crippen molar-refractivity contribution in [2.45, 2.75) is 30.6 Å². The van der Waals surface area contributed by atoms with Gasteiger partial charge in [0.25, 0.3) is 0 Å². The summed E-state index contributed by atoms with van der Waals surface area (Å²) in [6.45, 7) is 0.285. The molecular weight excluding hydrogens is 337 g/mol. The zero-order chi connectivity index (χ0) is 15.9. The number of carbonyl (C=O) groups is 1. The molecule has 0 saturated heterocycles. The minimum Gasteiger partial charge on any atom is -0.469 e. The Labute approximate surface area is 134 Å². The van der Waals surface area contributed by atoms with Gasteiger partial charge in [0.15, 0.2) is 0 Å². The summed E-state index contributed by atoms with van der Waals surface area (Å²) in [5.41, 5.74) is 0. The summed E-state index contributed by atoms with van der Waals surface area (Å²) in [7, 11) is -2.28. The number of rotatable bonds is 8. The summed E-state index contributed by atoms with van der Waals surface area (Å²) in [5.74, 6) is -0.260. The van der Waals surface area contributed by atoms with E-state index in [9.17, 15) is 13.2 Å². The highest BCUT2D eigenvalue weighted by molar-refractivity contribution is 7.89. The van der Waals surface area contributed by atoms with E-state index in [2.05, 4.69) is 9.46 Å². The van der Waals surface area contributed by atoms with Gasteiger partial charge >= 0.3 is 5.97 Å². The van der Waals surface area contributed by atoms with Crippen molar-refractivity contribution in [2.24, 2.45) is 0 Å². The Morgan fingerprint density at radius 1 is 1.14 bits per heavy atom. The number of esters is 1. The first kappa shape index (κ1) is 18.2. The molecule has 0 saturated carbocycles. The SMILES string of the molecule is COC(=O)CCCCCNS(=O)(=O)c1cc(Cl)cc(Cl)c1. The number of sulfonamides is 1. The maximum absolute atomic E-state index is 12.0. The van der Waals surface area contributed by atoms with Crippen molar-refractivity contribution in [2.75, 3.05) is 13.7 Å². The lowest BCUT2D eigenvalue weighted by Crippen LogP contribution is -2.24. The fourth-order valence-electron chi connectivity index (χ4n) is 1.65. The van der Waals surface area contributed by atoms with Gasteiger partial charge in [0.05, 0.1) is 12.0 Å². The molecule has 1 rings (SSSR count). The van der Waals surface area contributed by atoms with E-state index in [0.29, 0.717) is 19.3 Å². The summed E-state index contributed by atoms with van der Waals surface area (Å²) in [6, 6.07) is 4.15. The second-order valence-corrected chi connectivity index (χ2v) is 7.03. The zero-order valence-corrected chi connectivity index (χ0v) is 13.9. The van der Waals surface area contributed by atoms with Crippen LogP contribution in [-0.4, -0.2) is 28.0 Å². The molecule has 0 fully saturated rings. The Morgan fingerprint density at radius 2 is 1.76 bits per heavy atom. The predicted molar refractivity (Wildman–Crippen MR) is 82.1 cm³/mol. The number of nitrogens with one attached hydrogen (secondary N) is 1. The van der Waals surface area contributed by atoms with Crippen LogP contribution in [0.3, 0.4) is 0 Å². The average molecular weight is 354 g/mol.